The molecule has 0 aliphatic carbocycles. The second-order valence-corrected chi connectivity index (χ2v) is 5.56. The van der Waals surface area contributed by atoms with Crippen molar-refractivity contribution in [1.82, 2.24) is 4.72 Å². The van der Waals surface area contributed by atoms with Gasteiger partial charge >= 0.3 is 0 Å². The minimum Gasteiger partial charge on any atom is -0.497 e. The predicted molar refractivity (Wildman–Crippen MR) is 64.0 cm³/mol. The second-order valence-electron chi connectivity index (χ2n) is 3.52. The molecule has 1 aromatic carbocycles. The number of nitrogens with one attached hydrogen (secondary N) is 1. The van der Waals surface area contributed by atoms with Crippen LogP contribution in [0, 0.1) is 0 Å². The Morgan fingerprint density at radius 2 is 2.12 bits per heavy atom. The molecule has 0 heterocycles. The Bertz CT molecular complexity index is 442. The van der Waals surface area contributed by atoms with Gasteiger partial charge in [0.05, 0.1) is 12.9 Å². The van der Waals surface area contributed by atoms with Gasteiger partial charge in [0, 0.05) is 6.04 Å². The highest BCUT2D eigenvalue weighted by molar-refractivity contribution is 7.89. The maximum atomic E-state index is 11.4. The van der Waals surface area contributed by atoms with Gasteiger partial charge in [0.15, 0.2) is 0 Å². The third-order valence-electron chi connectivity index (χ3n) is 2.33. The van der Waals surface area contributed by atoms with Crippen molar-refractivity contribution in [1.29, 1.82) is 0 Å². The molecule has 1 aromatic rings. The fourth-order valence-corrected chi connectivity index (χ4v) is 2.17. The molecule has 1 atom stereocenters. The van der Waals surface area contributed by atoms with Crippen LogP contribution in [-0.2, 0) is 10.0 Å². The standard InChI is InChI=1S/C11H17NO3S/c1-4-16(13,14)12-9(2)10-6-5-7-11(8-10)15-3/h5-9,12H,4H2,1-3H3/t9-/m0/s1. The van der Waals surface area contributed by atoms with Gasteiger partial charge in [0.2, 0.25) is 10.0 Å². The van der Waals surface area contributed by atoms with E-state index in [0.717, 1.165) is 11.3 Å². The molecule has 0 aliphatic heterocycles. The first-order valence-corrected chi connectivity index (χ1v) is 6.77. The fraction of sp³-hybridized carbons (Fsp3) is 0.455. The quantitative estimate of drug-likeness (QED) is 0.856. The van der Waals surface area contributed by atoms with Gasteiger partial charge in [-0.3, -0.25) is 0 Å². The molecule has 0 aliphatic rings. The monoisotopic (exact) mass is 243 g/mol. The average molecular weight is 243 g/mol. The first-order valence-electron chi connectivity index (χ1n) is 5.12. The van der Waals surface area contributed by atoms with Crippen LogP contribution in [0.4, 0.5) is 0 Å². The molecule has 0 saturated carbocycles. The lowest BCUT2D eigenvalue weighted by Crippen LogP contribution is -2.28. The number of methoxy groups -OCH3 is 1. The van der Waals surface area contributed by atoms with Crippen LogP contribution in [0.15, 0.2) is 24.3 Å². The van der Waals surface area contributed by atoms with Crippen LogP contribution in [0.3, 0.4) is 0 Å². The minimum atomic E-state index is -3.18. The van der Waals surface area contributed by atoms with E-state index < -0.39 is 10.0 Å². The Hall–Kier alpha value is -1.07. The number of ether oxygens (including phenoxy) is 1. The summed E-state index contributed by atoms with van der Waals surface area (Å²) < 4.78 is 30.5. The van der Waals surface area contributed by atoms with E-state index in [1.165, 1.54) is 0 Å². The van der Waals surface area contributed by atoms with Crippen molar-refractivity contribution < 1.29 is 13.2 Å². The summed E-state index contributed by atoms with van der Waals surface area (Å²) in [6.07, 6.45) is 0. The van der Waals surface area contributed by atoms with Gasteiger partial charge in [-0.2, -0.15) is 0 Å². The molecule has 1 N–H and O–H groups in total. The van der Waals surface area contributed by atoms with E-state index in [0.29, 0.717) is 0 Å². The fourth-order valence-electron chi connectivity index (χ4n) is 1.33. The highest BCUT2D eigenvalue weighted by Gasteiger charge is 2.13. The Labute approximate surface area is 96.7 Å². The SMILES string of the molecule is CCS(=O)(=O)N[C@@H](C)c1cccc(OC)c1. The van der Waals surface area contributed by atoms with Crippen molar-refractivity contribution in [2.24, 2.45) is 0 Å². The molecule has 0 amide bonds. The van der Waals surface area contributed by atoms with Crippen molar-refractivity contribution in [2.75, 3.05) is 12.9 Å². The summed E-state index contributed by atoms with van der Waals surface area (Å²) in [5, 5.41) is 0. The Kier molecular flexibility index (Phi) is 4.32. The first kappa shape index (κ1) is 13.0. The summed E-state index contributed by atoms with van der Waals surface area (Å²) in [6, 6.07) is 7.10. The maximum Gasteiger partial charge on any atom is 0.211 e. The summed E-state index contributed by atoms with van der Waals surface area (Å²) in [5.41, 5.74) is 0.886. The predicted octanol–water partition coefficient (Wildman–Crippen LogP) is 1.70. The molecule has 90 valence electrons. The van der Waals surface area contributed by atoms with E-state index in [-0.39, 0.29) is 11.8 Å². The molecule has 16 heavy (non-hydrogen) atoms. The smallest absolute Gasteiger partial charge is 0.211 e. The van der Waals surface area contributed by atoms with E-state index in [1.54, 1.807) is 14.0 Å². The molecule has 0 bridgehead atoms. The number of hydrogen-bond acceptors (Lipinski definition) is 3. The second kappa shape index (κ2) is 5.32. The molecule has 0 spiro atoms. The third-order valence-corrected chi connectivity index (χ3v) is 3.80. The summed E-state index contributed by atoms with van der Waals surface area (Å²) >= 11 is 0. The molecule has 1 rings (SSSR count). The normalized spacial score (nSPS) is 13.4. The number of benzene rings is 1. The zero-order chi connectivity index (χ0) is 12.2. The number of hydrogen-bond donors (Lipinski definition) is 1. The Morgan fingerprint density at radius 3 is 2.69 bits per heavy atom. The van der Waals surface area contributed by atoms with Gasteiger partial charge in [0.25, 0.3) is 0 Å². The van der Waals surface area contributed by atoms with Gasteiger partial charge in [-0.25, -0.2) is 13.1 Å². The summed E-state index contributed by atoms with van der Waals surface area (Å²) in [4.78, 5) is 0. The third kappa shape index (κ3) is 3.50. The molecular formula is C11H17NO3S. The van der Waals surface area contributed by atoms with Crippen LogP contribution in [0.25, 0.3) is 0 Å². The Morgan fingerprint density at radius 1 is 1.44 bits per heavy atom. The number of rotatable bonds is 5. The van der Waals surface area contributed by atoms with Crippen molar-refractivity contribution >= 4 is 10.0 Å². The van der Waals surface area contributed by atoms with E-state index in [2.05, 4.69) is 4.72 Å². The first-order chi connectivity index (χ1) is 7.48. The molecule has 0 fully saturated rings. The summed E-state index contributed by atoms with van der Waals surface area (Å²) in [7, 11) is -1.59. The molecule has 0 radical (unpaired) electrons. The zero-order valence-electron chi connectivity index (χ0n) is 9.73. The molecule has 0 saturated heterocycles. The van der Waals surface area contributed by atoms with Crippen molar-refractivity contribution in [3.05, 3.63) is 29.8 Å². The van der Waals surface area contributed by atoms with E-state index >= 15 is 0 Å². The van der Waals surface area contributed by atoms with Gasteiger partial charge in [-0.1, -0.05) is 12.1 Å². The van der Waals surface area contributed by atoms with Gasteiger partial charge in [-0.05, 0) is 31.5 Å². The van der Waals surface area contributed by atoms with Gasteiger partial charge < -0.3 is 4.74 Å². The van der Waals surface area contributed by atoms with Crippen LogP contribution in [-0.4, -0.2) is 21.3 Å². The van der Waals surface area contributed by atoms with Crippen LogP contribution in [0.5, 0.6) is 5.75 Å². The Balaban J connectivity index is 2.84. The lowest BCUT2D eigenvalue weighted by Gasteiger charge is -2.14. The molecule has 5 heteroatoms. The van der Waals surface area contributed by atoms with E-state index in [9.17, 15) is 8.42 Å². The lowest BCUT2D eigenvalue weighted by molar-refractivity contribution is 0.413. The molecule has 0 unspecified atom stereocenters. The van der Waals surface area contributed by atoms with Crippen LogP contribution in [0.2, 0.25) is 0 Å². The van der Waals surface area contributed by atoms with Gasteiger partial charge in [0.1, 0.15) is 5.75 Å². The highest BCUT2D eigenvalue weighted by Crippen LogP contribution is 2.19. The highest BCUT2D eigenvalue weighted by atomic mass is 32.2. The summed E-state index contributed by atoms with van der Waals surface area (Å²) in [5.74, 6) is 0.807. The van der Waals surface area contributed by atoms with E-state index in [1.807, 2.05) is 31.2 Å². The zero-order valence-corrected chi connectivity index (χ0v) is 10.5. The maximum absolute atomic E-state index is 11.4. The van der Waals surface area contributed by atoms with Crippen LogP contribution >= 0.6 is 0 Å². The average Bonchev–Trinajstić information content (AvgIpc) is 2.28. The van der Waals surface area contributed by atoms with Crippen molar-refractivity contribution in [3.8, 4) is 5.75 Å². The van der Waals surface area contributed by atoms with Crippen molar-refractivity contribution in [2.45, 2.75) is 19.9 Å². The number of sulfonamides is 1. The summed E-state index contributed by atoms with van der Waals surface area (Å²) in [6.45, 7) is 3.42. The topological polar surface area (TPSA) is 55.4 Å². The molecule has 0 aromatic heterocycles. The molecular weight excluding hydrogens is 226 g/mol. The lowest BCUT2D eigenvalue weighted by atomic mass is 10.1. The van der Waals surface area contributed by atoms with Crippen LogP contribution < -0.4 is 9.46 Å². The minimum absolute atomic E-state index is 0.0846. The van der Waals surface area contributed by atoms with Crippen molar-refractivity contribution in [3.63, 3.8) is 0 Å². The molecule has 4 nitrogen and oxygen atoms in total. The van der Waals surface area contributed by atoms with Crippen LogP contribution in [0.1, 0.15) is 25.5 Å². The largest absolute Gasteiger partial charge is 0.497 e. The van der Waals surface area contributed by atoms with E-state index in [4.69, 9.17) is 4.74 Å². The van der Waals surface area contributed by atoms with Gasteiger partial charge in [-0.15, -0.1) is 0 Å².